The zero-order chi connectivity index (χ0) is 19.8. The molecule has 0 radical (unpaired) electrons. The summed E-state index contributed by atoms with van der Waals surface area (Å²) >= 11 is 0. The molecule has 0 saturated heterocycles. The number of aryl methyl sites for hydroxylation is 1. The molecule has 0 aliphatic rings. The van der Waals surface area contributed by atoms with Gasteiger partial charge in [-0.3, -0.25) is 4.79 Å². The Morgan fingerprint density at radius 1 is 1.19 bits per heavy atom. The summed E-state index contributed by atoms with van der Waals surface area (Å²) in [5.74, 6) is 1.06. The number of amides is 2. The van der Waals surface area contributed by atoms with Crippen molar-refractivity contribution >= 4 is 11.7 Å². The molecule has 1 aromatic carbocycles. The molecule has 0 spiro atoms. The largest absolute Gasteiger partial charge is 0.493 e. The molecular formula is C20H28N4O3. The van der Waals surface area contributed by atoms with Crippen LogP contribution in [0.4, 0.5) is 10.5 Å². The Hall–Kier alpha value is -2.83. The molecule has 0 fully saturated rings. The summed E-state index contributed by atoms with van der Waals surface area (Å²) < 4.78 is 5.83. The molecule has 0 aliphatic carbocycles. The van der Waals surface area contributed by atoms with Crippen LogP contribution in [0.2, 0.25) is 0 Å². The van der Waals surface area contributed by atoms with Gasteiger partial charge in [0.05, 0.1) is 17.9 Å². The van der Waals surface area contributed by atoms with Crippen molar-refractivity contribution in [1.82, 2.24) is 15.3 Å². The number of carbonyl (C=O) groups excluding carboxylic acids is 1. The number of nitrogens with one attached hydrogen (secondary N) is 3. The number of ether oxygens (including phenoxy) is 1. The van der Waals surface area contributed by atoms with Gasteiger partial charge in [0.25, 0.3) is 5.56 Å². The highest BCUT2D eigenvalue weighted by Crippen LogP contribution is 2.31. The average Bonchev–Trinajstić information content (AvgIpc) is 2.66. The number of rotatable bonds is 8. The van der Waals surface area contributed by atoms with Gasteiger partial charge in [-0.15, -0.1) is 0 Å². The fraction of sp³-hybridized carbons (Fsp3) is 0.450. The van der Waals surface area contributed by atoms with Gasteiger partial charge in [0.1, 0.15) is 11.6 Å². The minimum Gasteiger partial charge on any atom is -0.493 e. The minimum absolute atomic E-state index is 0.136. The van der Waals surface area contributed by atoms with Crippen LogP contribution in [0.25, 0.3) is 11.4 Å². The third kappa shape index (κ3) is 5.09. The lowest BCUT2D eigenvalue weighted by Crippen LogP contribution is -2.28. The maximum Gasteiger partial charge on any atom is 0.319 e. The molecular weight excluding hydrogens is 344 g/mol. The van der Waals surface area contributed by atoms with Crippen molar-refractivity contribution in [2.75, 3.05) is 18.5 Å². The first-order valence-electron chi connectivity index (χ1n) is 9.48. The van der Waals surface area contributed by atoms with Gasteiger partial charge in [0.2, 0.25) is 0 Å². The van der Waals surface area contributed by atoms with E-state index in [0.29, 0.717) is 54.4 Å². The molecule has 7 heteroatoms. The van der Waals surface area contributed by atoms with E-state index in [-0.39, 0.29) is 11.6 Å². The summed E-state index contributed by atoms with van der Waals surface area (Å²) in [5, 5.41) is 5.47. The lowest BCUT2D eigenvalue weighted by Gasteiger charge is -2.14. The number of hydrogen-bond acceptors (Lipinski definition) is 4. The lowest BCUT2D eigenvalue weighted by atomic mass is 10.1. The predicted molar refractivity (Wildman–Crippen MR) is 108 cm³/mol. The summed E-state index contributed by atoms with van der Waals surface area (Å²) in [4.78, 5) is 31.8. The highest BCUT2D eigenvalue weighted by molar-refractivity contribution is 5.90. The van der Waals surface area contributed by atoms with Crippen molar-refractivity contribution in [3.8, 4) is 17.1 Å². The van der Waals surface area contributed by atoms with Gasteiger partial charge in [0, 0.05) is 17.8 Å². The molecule has 0 unspecified atom stereocenters. The quantitative estimate of drug-likeness (QED) is 0.661. The van der Waals surface area contributed by atoms with Gasteiger partial charge < -0.3 is 20.4 Å². The van der Waals surface area contributed by atoms with Crippen molar-refractivity contribution in [1.29, 1.82) is 0 Å². The Morgan fingerprint density at radius 2 is 1.96 bits per heavy atom. The van der Waals surface area contributed by atoms with Crippen LogP contribution >= 0.6 is 0 Å². The van der Waals surface area contributed by atoms with Crippen LogP contribution in [0.15, 0.2) is 23.0 Å². The van der Waals surface area contributed by atoms with Gasteiger partial charge in [-0.25, -0.2) is 9.78 Å². The maximum absolute atomic E-state index is 12.5. The number of hydrogen-bond donors (Lipinski definition) is 3. The second-order valence-corrected chi connectivity index (χ2v) is 6.09. The predicted octanol–water partition coefficient (Wildman–Crippen LogP) is 3.49. The minimum atomic E-state index is -0.289. The average molecular weight is 372 g/mol. The highest BCUT2D eigenvalue weighted by Gasteiger charge is 2.15. The summed E-state index contributed by atoms with van der Waals surface area (Å²) in [6, 6.07) is 5.03. The molecule has 0 saturated carbocycles. The van der Waals surface area contributed by atoms with Gasteiger partial charge >= 0.3 is 6.03 Å². The van der Waals surface area contributed by atoms with Crippen LogP contribution < -0.4 is 20.9 Å². The van der Waals surface area contributed by atoms with Gasteiger partial charge in [-0.1, -0.05) is 20.8 Å². The maximum atomic E-state index is 12.5. The Labute approximate surface area is 159 Å². The third-order valence-corrected chi connectivity index (χ3v) is 4.08. The molecule has 146 valence electrons. The summed E-state index contributed by atoms with van der Waals surface area (Å²) in [6.07, 6.45) is 2.16. The molecule has 3 N–H and O–H groups in total. The highest BCUT2D eigenvalue weighted by atomic mass is 16.5. The van der Waals surface area contributed by atoms with Crippen LogP contribution in [0.1, 0.15) is 45.4 Å². The number of anilines is 1. The lowest BCUT2D eigenvalue weighted by molar-refractivity contribution is 0.252. The fourth-order valence-electron chi connectivity index (χ4n) is 2.80. The zero-order valence-electron chi connectivity index (χ0n) is 16.4. The van der Waals surface area contributed by atoms with E-state index in [4.69, 9.17) is 4.74 Å². The molecule has 2 aromatic rings. The zero-order valence-corrected chi connectivity index (χ0v) is 16.4. The van der Waals surface area contributed by atoms with Crippen LogP contribution in [0.3, 0.4) is 0 Å². The van der Waals surface area contributed by atoms with Crippen molar-refractivity contribution in [2.24, 2.45) is 0 Å². The number of aromatic nitrogens is 2. The van der Waals surface area contributed by atoms with E-state index in [0.717, 1.165) is 12.1 Å². The molecule has 1 heterocycles. The Bertz CT molecular complexity index is 846. The normalized spacial score (nSPS) is 10.5. The Kier molecular flexibility index (Phi) is 7.40. The first kappa shape index (κ1) is 20.5. The Balaban J connectivity index is 2.52. The number of nitrogens with zero attached hydrogens (tertiary/aromatic N) is 1. The van der Waals surface area contributed by atoms with Crippen LogP contribution in [0.5, 0.6) is 5.75 Å². The second kappa shape index (κ2) is 9.75. The molecule has 2 amide bonds. The monoisotopic (exact) mass is 372 g/mol. The van der Waals surface area contributed by atoms with E-state index in [2.05, 4.69) is 20.6 Å². The van der Waals surface area contributed by atoms with Crippen LogP contribution in [0, 0.1) is 0 Å². The smallest absolute Gasteiger partial charge is 0.319 e. The van der Waals surface area contributed by atoms with Crippen LogP contribution in [-0.2, 0) is 12.8 Å². The van der Waals surface area contributed by atoms with Crippen LogP contribution in [-0.4, -0.2) is 29.2 Å². The molecule has 1 aromatic heterocycles. The molecule has 0 atom stereocenters. The molecule has 0 bridgehead atoms. The summed E-state index contributed by atoms with van der Waals surface area (Å²) in [5.41, 5.74) is 2.59. The van der Waals surface area contributed by atoms with Gasteiger partial charge in [-0.2, -0.15) is 0 Å². The number of carbonyl (C=O) groups is 1. The molecule has 7 nitrogen and oxygen atoms in total. The summed E-state index contributed by atoms with van der Waals surface area (Å²) in [7, 11) is 0. The topological polar surface area (TPSA) is 96.1 Å². The third-order valence-electron chi connectivity index (χ3n) is 4.08. The number of aromatic amines is 1. The molecule has 2 rings (SSSR count). The second-order valence-electron chi connectivity index (χ2n) is 6.09. The Morgan fingerprint density at radius 3 is 2.59 bits per heavy atom. The van der Waals surface area contributed by atoms with Gasteiger partial charge in [0.15, 0.2) is 0 Å². The SMILES string of the molecule is CCCOc1ccc(NC(=O)NCC)cc1-c1nc(CC)c(CC)c(=O)[nH]1. The van der Waals surface area contributed by atoms with Gasteiger partial charge in [-0.05, 0) is 44.4 Å². The van der Waals surface area contributed by atoms with Crippen molar-refractivity contribution in [2.45, 2.75) is 47.0 Å². The van der Waals surface area contributed by atoms with E-state index >= 15 is 0 Å². The number of urea groups is 1. The first-order chi connectivity index (χ1) is 13.0. The van der Waals surface area contributed by atoms with Crippen molar-refractivity contribution < 1.29 is 9.53 Å². The molecule has 27 heavy (non-hydrogen) atoms. The van der Waals surface area contributed by atoms with Crippen molar-refractivity contribution in [3.05, 3.63) is 39.8 Å². The number of H-pyrrole nitrogens is 1. The van der Waals surface area contributed by atoms with E-state index in [1.807, 2.05) is 27.7 Å². The number of benzene rings is 1. The van der Waals surface area contributed by atoms with Crippen molar-refractivity contribution in [3.63, 3.8) is 0 Å². The first-order valence-corrected chi connectivity index (χ1v) is 9.48. The molecule has 0 aliphatic heterocycles. The fourth-order valence-corrected chi connectivity index (χ4v) is 2.80. The summed E-state index contributed by atoms with van der Waals surface area (Å²) in [6.45, 7) is 8.88. The standard InChI is InChI=1S/C20H28N4O3/c1-5-11-27-17-10-9-13(22-20(26)21-8-4)12-15(17)18-23-16(7-3)14(6-2)19(25)24-18/h9-10,12H,5-8,11H2,1-4H3,(H2,21,22,26)(H,23,24,25). The van der Waals surface area contributed by atoms with E-state index in [1.54, 1.807) is 18.2 Å². The van der Waals surface area contributed by atoms with E-state index < -0.39 is 0 Å². The van der Waals surface area contributed by atoms with E-state index in [9.17, 15) is 9.59 Å². The van der Waals surface area contributed by atoms with E-state index in [1.165, 1.54) is 0 Å².